The lowest BCUT2D eigenvalue weighted by Gasteiger charge is -2.29. The van der Waals surface area contributed by atoms with Crippen LogP contribution in [0.25, 0.3) is 11.4 Å². The summed E-state index contributed by atoms with van der Waals surface area (Å²) in [6.07, 6.45) is 6.20. The fourth-order valence-electron chi connectivity index (χ4n) is 3.69. The topological polar surface area (TPSA) is 106 Å². The van der Waals surface area contributed by atoms with Gasteiger partial charge in [0.25, 0.3) is 0 Å². The first kappa shape index (κ1) is 23.0. The van der Waals surface area contributed by atoms with Crippen LogP contribution >= 0.6 is 11.8 Å². The van der Waals surface area contributed by atoms with E-state index in [-0.39, 0.29) is 11.2 Å². The molecule has 0 unspecified atom stereocenters. The molecular formula is C24H28N6O2S. The summed E-state index contributed by atoms with van der Waals surface area (Å²) in [6, 6.07) is 14.7. The number of nitrogens with two attached hydrogens (primary N) is 1. The summed E-state index contributed by atoms with van der Waals surface area (Å²) in [5, 5.41) is 3.17. The molecule has 1 aliphatic carbocycles. The van der Waals surface area contributed by atoms with Crippen molar-refractivity contribution in [3.8, 4) is 11.4 Å². The lowest BCUT2D eigenvalue weighted by atomic mass is 10.1. The van der Waals surface area contributed by atoms with Gasteiger partial charge in [-0.25, -0.2) is 9.97 Å². The zero-order valence-corrected chi connectivity index (χ0v) is 19.4. The predicted molar refractivity (Wildman–Crippen MR) is 131 cm³/mol. The van der Waals surface area contributed by atoms with Crippen molar-refractivity contribution in [2.45, 2.75) is 22.5 Å². The number of carbonyl (C=O) groups is 1. The number of nitrogens with zero attached hydrogens (tertiary/aromatic N) is 4. The number of aromatic nitrogens is 3. The van der Waals surface area contributed by atoms with E-state index in [1.165, 1.54) is 4.90 Å². The number of anilines is 2. The monoisotopic (exact) mass is 464 g/mol. The quantitative estimate of drug-likeness (QED) is 0.535. The molecule has 2 aromatic heterocycles. The first-order valence-electron chi connectivity index (χ1n) is 10.9. The van der Waals surface area contributed by atoms with E-state index in [1.807, 2.05) is 31.2 Å². The van der Waals surface area contributed by atoms with Gasteiger partial charge < -0.3 is 20.7 Å². The van der Waals surface area contributed by atoms with Gasteiger partial charge in [0.05, 0.1) is 23.7 Å². The fourth-order valence-corrected chi connectivity index (χ4v) is 4.92. The predicted octanol–water partition coefficient (Wildman–Crippen LogP) is 3.30. The number of nitrogens with one attached hydrogen (secondary N) is 1. The first-order valence-corrected chi connectivity index (χ1v) is 11.7. The molecule has 33 heavy (non-hydrogen) atoms. The third-order valence-electron chi connectivity index (χ3n) is 5.61. The highest BCUT2D eigenvalue weighted by molar-refractivity contribution is 8.00. The molecule has 3 N–H and O–H groups in total. The molecule has 1 amide bonds. The number of thioether (sulfide) groups is 1. The van der Waals surface area contributed by atoms with Crippen LogP contribution < -0.4 is 16.0 Å². The van der Waals surface area contributed by atoms with Crippen molar-refractivity contribution in [2.75, 3.05) is 43.6 Å². The van der Waals surface area contributed by atoms with Gasteiger partial charge in [0.15, 0.2) is 5.82 Å². The summed E-state index contributed by atoms with van der Waals surface area (Å²) in [7, 11) is 1.93. The Morgan fingerprint density at radius 1 is 1.09 bits per heavy atom. The average molecular weight is 465 g/mol. The molecule has 5 rings (SSSR count). The normalized spacial score (nSPS) is 16.3. The molecule has 1 aromatic carbocycles. The van der Waals surface area contributed by atoms with Crippen molar-refractivity contribution in [3.63, 3.8) is 0 Å². The van der Waals surface area contributed by atoms with Gasteiger partial charge in [0.2, 0.25) is 6.41 Å². The van der Waals surface area contributed by atoms with Crippen molar-refractivity contribution < 1.29 is 9.53 Å². The Kier molecular flexibility index (Phi) is 7.41. The summed E-state index contributed by atoms with van der Waals surface area (Å²) >= 11 is 1.89. The highest BCUT2D eigenvalue weighted by Crippen LogP contribution is 2.59. The third kappa shape index (κ3) is 5.61. The molecule has 0 atom stereocenters. The minimum atomic E-state index is 0.0188. The molecule has 1 aliphatic heterocycles. The number of morpholine rings is 1. The summed E-state index contributed by atoms with van der Waals surface area (Å²) < 4.78 is 5.57. The molecule has 0 bridgehead atoms. The number of amides is 1. The molecule has 0 spiro atoms. The van der Waals surface area contributed by atoms with Crippen LogP contribution in [0.15, 0.2) is 59.8 Å². The third-order valence-corrected chi connectivity index (χ3v) is 7.13. The van der Waals surface area contributed by atoms with Gasteiger partial charge in [-0.05, 0) is 49.2 Å². The summed E-state index contributed by atoms with van der Waals surface area (Å²) in [6.45, 7) is 3.20. The summed E-state index contributed by atoms with van der Waals surface area (Å²) in [5.41, 5.74) is 7.40. The van der Waals surface area contributed by atoms with Gasteiger partial charge in [0.1, 0.15) is 5.82 Å². The highest BCUT2D eigenvalue weighted by atomic mass is 32.2. The molecule has 0 radical (unpaired) electrons. The van der Waals surface area contributed by atoms with Crippen molar-refractivity contribution in [3.05, 3.63) is 60.6 Å². The van der Waals surface area contributed by atoms with Gasteiger partial charge in [-0.3, -0.25) is 9.78 Å². The molecule has 9 heteroatoms. The number of pyridine rings is 1. The number of carbonyl (C=O) groups excluding carboxylic acids is 1. The second-order valence-corrected chi connectivity index (χ2v) is 9.23. The number of benzene rings is 1. The van der Waals surface area contributed by atoms with Crippen molar-refractivity contribution in [1.82, 2.24) is 15.0 Å². The molecule has 3 aromatic rings. The molecule has 3 heterocycles. The van der Waals surface area contributed by atoms with Gasteiger partial charge in [-0.2, -0.15) is 0 Å². The Balaban J connectivity index is 0.000000821. The average Bonchev–Trinajstić information content (AvgIpc) is 3.66. The van der Waals surface area contributed by atoms with Crippen LogP contribution in [-0.2, 0) is 14.3 Å². The minimum absolute atomic E-state index is 0.0188. The second kappa shape index (κ2) is 10.6. The molecule has 1 saturated carbocycles. The maximum absolute atomic E-state index is 8.58. The van der Waals surface area contributed by atoms with Crippen LogP contribution in [0, 0.1) is 0 Å². The van der Waals surface area contributed by atoms with Crippen LogP contribution in [0.3, 0.4) is 0 Å². The van der Waals surface area contributed by atoms with E-state index in [9.17, 15) is 0 Å². The highest BCUT2D eigenvalue weighted by Gasteiger charge is 2.47. The lowest BCUT2D eigenvalue weighted by molar-refractivity contribution is -0.106. The maximum Gasteiger partial charge on any atom is 0.204 e. The van der Waals surface area contributed by atoms with E-state index in [1.54, 1.807) is 0 Å². The first-order chi connectivity index (χ1) is 16.2. The zero-order valence-electron chi connectivity index (χ0n) is 18.6. The summed E-state index contributed by atoms with van der Waals surface area (Å²) in [5.74, 6) is 1.79. The number of rotatable bonds is 6. The van der Waals surface area contributed by atoms with Crippen LogP contribution in [-0.4, -0.2) is 54.7 Å². The van der Waals surface area contributed by atoms with Crippen LogP contribution in [0.4, 0.5) is 11.5 Å². The van der Waals surface area contributed by atoms with Crippen molar-refractivity contribution >= 4 is 29.7 Å². The van der Waals surface area contributed by atoms with Crippen LogP contribution in [0.1, 0.15) is 18.5 Å². The molecular weight excluding hydrogens is 436 g/mol. The number of primary amides is 1. The fraction of sp³-hybridized carbons (Fsp3) is 0.333. The molecule has 2 aliphatic rings. The zero-order chi connectivity index (χ0) is 23.1. The van der Waals surface area contributed by atoms with E-state index in [4.69, 9.17) is 19.5 Å². The second-order valence-electron chi connectivity index (χ2n) is 7.78. The number of ether oxygens (including phenoxy) is 1. The largest absolute Gasteiger partial charge is 0.388 e. The van der Waals surface area contributed by atoms with Gasteiger partial charge in [0, 0.05) is 54.7 Å². The SMILES string of the molecule is CNc1ccc(-c2nc(N3CCOCC3)cc(C3(Sc4ccncc4)CC3)n2)cc1.NC=O. The summed E-state index contributed by atoms with van der Waals surface area (Å²) in [4.78, 5) is 26.3. The molecule has 172 valence electrons. The van der Waals surface area contributed by atoms with Crippen LogP contribution in [0.5, 0.6) is 0 Å². The van der Waals surface area contributed by atoms with Gasteiger partial charge in [-0.15, -0.1) is 11.8 Å². The molecule has 8 nitrogen and oxygen atoms in total. The van der Waals surface area contributed by atoms with Gasteiger partial charge in [-0.1, -0.05) is 0 Å². The smallest absolute Gasteiger partial charge is 0.204 e. The minimum Gasteiger partial charge on any atom is -0.388 e. The van der Waals surface area contributed by atoms with Crippen molar-refractivity contribution in [2.24, 2.45) is 5.73 Å². The Bertz CT molecular complexity index is 1050. The van der Waals surface area contributed by atoms with Crippen LogP contribution in [0.2, 0.25) is 0 Å². The Labute approximate surface area is 198 Å². The van der Waals surface area contributed by atoms with E-state index in [0.717, 1.165) is 67.7 Å². The maximum atomic E-state index is 8.58. The van der Waals surface area contributed by atoms with E-state index < -0.39 is 0 Å². The van der Waals surface area contributed by atoms with E-state index >= 15 is 0 Å². The standard InChI is InChI=1S/C23H25N5OS.CH3NO/c1-24-18-4-2-17(3-5-18)22-26-20(16-21(27-22)28-12-14-29-15-13-28)23(8-9-23)30-19-6-10-25-11-7-19;2-1-3/h2-7,10-11,16,24H,8-9,12-15H2,1H3;1H,(H2,2,3). The van der Waals surface area contributed by atoms with Crippen molar-refractivity contribution in [1.29, 1.82) is 0 Å². The lowest BCUT2D eigenvalue weighted by Crippen LogP contribution is -2.37. The molecule has 2 fully saturated rings. The van der Waals surface area contributed by atoms with E-state index in [2.05, 4.69) is 63.4 Å². The Hall–Kier alpha value is -3.17. The van der Waals surface area contributed by atoms with E-state index in [0.29, 0.717) is 0 Å². The van der Waals surface area contributed by atoms with Gasteiger partial charge >= 0.3 is 0 Å². The Morgan fingerprint density at radius 3 is 2.36 bits per heavy atom. The number of hydrogen-bond donors (Lipinski definition) is 2. The number of hydrogen-bond acceptors (Lipinski definition) is 8. The molecule has 1 saturated heterocycles. The Morgan fingerprint density at radius 2 is 1.76 bits per heavy atom.